The van der Waals surface area contributed by atoms with E-state index in [1.807, 2.05) is 27.5 Å². The highest BCUT2D eigenvalue weighted by Crippen LogP contribution is 2.29. The molecule has 1 atom stereocenters. The van der Waals surface area contributed by atoms with Crippen LogP contribution < -0.4 is 0 Å². The van der Waals surface area contributed by atoms with Crippen molar-refractivity contribution in [2.75, 3.05) is 46.4 Å². The van der Waals surface area contributed by atoms with E-state index in [1.54, 1.807) is 0 Å². The molecule has 2 fully saturated rings. The molecular weight excluding hydrogens is 334 g/mol. The van der Waals surface area contributed by atoms with Gasteiger partial charge in [0.1, 0.15) is 5.60 Å². The number of ether oxygens (including phenoxy) is 1. The molecule has 2 amide bonds. The van der Waals surface area contributed by atoms with E-state index in [0.717, 1.165) is 44.7 Å². The number of rotatable bonds is 2. The maximum atomic E-state index is 12.8. The summed E-state index contributed by atoms with van der Waals surface area (Å²) >= 11 is 0. The number of piperazine rings is 1. The third-order valence-electron chi connectivity index (χ3n) is 5.77. The van der Waals surface area contributed by atoms with Gasteiger partial charge in [0.25, 0.3) is 11.8 Å². The Bertz CT molecular complexity index is 702. The standard InChI is InChI=1S/C18H27N5O3/c1-18(4-3-11-26-18)17(25)22-9-10-23-14(13-22)12-15(19-23)16(24)21-7-5-20(2)6-8-21/h12H,3-11,13H2,1-2H3/t18-/m1/s1. The van der Waals surface area contributed by atoms with Gasteiger partial charge in [-0.05, 0) is 32.9 Å². The monoisotopic (exact) mass is 361 g/mol. The van der Waals surface area contributed by atoms with E-state index in [9.17, 15) is 9.59 Å². The molecule has 8 nitrogen and oxygen atoms in total. The Morgan fingerprint density at radius 2 is 1.85 bits per heavy atom. The number of amides is 2. The van der Waals surface area contributed by atoms with Crippen LogP contribution in [0.15, 0.2) is 6.07 Å². The average Bonchev–Trinajstić information content (AvgIpc) is 3.27. The summed E-state index contributed by atoms with van der Waals surface area (Å²) in [4.78, 5) is 31.5. The van der Waals surface area contributed by atoms with Gasteiger partial charge in [-0.15, -0.1) is 0 Å². The fourth-order valence-corrected chi connectivity index (χ4v) is 4.00. The van der Waals surface area contributed by atoms with Crippen molar-refractivity contribution in [1.29, 1.82) is 0 Å². The van der Waals surface area contributed by atoms with Gasteiger partial charge >= 0.3 is 0 Å². The SMILES string of the molecule is CN1CCN(C(=O)c2cc3n(n2)CCN(C(=O)[C@@]2(C)CCCO2)C3)CC1. The summed E-state index contributed by atoms with van der Waals surface area (Å²) in [6.07, 6.45) is 1.70. The quantitative estimate of drug-likeness (QED) is 0.752. The smallest absolute Gasteiger partial charge is 0.274 e. The van der Waals surface area contributed by atoms with Gasteiger partial charge in [0, 0.05) is 39.3 Å². The summed E-state index contributed by atoms with van der Waals surface area (Å²) in [5.74, 6) is 0.0401. The van der Waals surface area contributed by atoms with Crippen molar-refractivity contribution in [2.45, 2.75) is 38.5 Å². The van der Waals surface area contributed by atoms with Crippen LogP contribution in [-0.4, -0.2) is 88.3 Å². The summed E-state index contributed by atoms with van der Waals surface area (Å²) in [6.45, 7) is 7.49. The van der Waals surface area contributed by atoms with Gasteiger partial charge in [-0.2, -0.15) is 5.10 Å². The van der Waals surface area contributed by atoms with E-state index in [1.165, 1.54) is 0 Å². The van der Waals surface area contributed by atoms with Crippen LogP contribution in [0, 0.1) is 0 Å². The molecule has 8 heteroatoms. The van der Waals surface area contributed by atoms with E-state index in [2.05, 4.69) is 17.0 Å². The van der Waals surface area contributed by atoms with Gasteiger partial charge in [-0.1, -0.05) is 0 Å². The van der Waals surface area contributed by atoms with Crippen molar-refractivity contribution in [3.8, 4) is 0 Å². The minimum absolute atomic E-state index is 0.0102. The predicted octanol–water partition coefficient (Wildman–Crippen LogP) is 0.182. The Kier molecular flexibility index (Phi) is 4.48. The summed E-state index contributed by atoms with van der Waals surface area (Å²) in [5.41, 5.74) is 0.714. The zero-order chi connectivity index (χ0) is 18.3. The summed E-state index contributed by atoms with van der Waals surface area (Å²) < 4.78 is 7.56. The number of fused-ring (bicyclic) bond motifs is 1. The molecule has 0 N–H and O–H groups in total. The van der Waals surface area contributed by atoms with Gasteiger partial charge in [0.05, 0.1) is 18.8 Å². The van der Waals surface area contributed by atoms with E-state index in [0.29, 0.717) is 31.9 Å². The van der Waals surface area contributed by atoms with Gasteiger partial charge in [0.15, 0.2) is 5.69 Å². The van der Waals surface area contributed by atoms with Crippen molar-refractivity contribution >= 4 is 11.8 Å². The highest BCUT2D eigenvalue weighted by Gasteiger charge is 2.41. The second-order valence-corrected chi connectivity index (χ2v) is 7.75. The van der Waals surface area contributed by atoms with E-state index in [4.69, 9.17) is 4.74 Å². The maximum Gasteiger partial charge on any atom is 0.274 e. The zero-order valence-corrected chi connectivity index (χ0v) is 15.6. The molecule has 26 heavy (non-hydrogen) atoms. The molecule has 4 heterocycles. The Balaban J connectivity index is 1.45. The number of likely N-dealkylation sites (N-methyl/N-ethyl adjacent to an activating group) is 1. The molecule has 0 aromatic carbocycles. The first-order chi connectivity index (χ1) is 12.5. The highest BCUT2D eigenvalue weighted by atomic mass is 16.5. The van der Waals surface area contributed by atoms with E-state index in [-0.39, 0.29) is 11.8 Å². The van der Waals surface area contributed by atoms with Crippen molar-refractivity contribution in [3.05, 3.63) is 17.5 Å². The van der Waals surface area contributed by atoms with Crippen LogP contribution in [0.3, 0.4) is 0 Å². The molecule has 0 spiro atoms. The number of hydrogen-bond acceptors (Lipinski definition) is 5. The molecule has 2 saturated heterocycles. The Morgan fingerprint density at radius 1 is 1.12 bits per heavy atom. The lowest BCUT2D eigenvalue weighted by atomic mass is 10.0. The third-order valence-corrected chi connectivity index (χ3v) is 5.77. The highest BCUT2D eigenvalue weighted by molar-refractivity contribution is 5.92. The Morgan fingerprint density at radius 3 is 2.54 bits per heavy atom. The Labute approximate surface area is 153 Å². The lowest BCUT2D eigenvalue weighted by molar-refractivity contribution is -0.152. The average molecular weight is 361 g/mol. The molecule has 142 valence electrons. The molecule has 4 rings (SSSR count). The molecule has 0 saturated carbocycles. The largest absolute Gasteiger partial charge is 0.365 e. The molecule has 0 bridgehead atoms. The van der Waals surface area contributed by atoms with Crippen molar-refractivity contribution in [1.82, 2.24) is 24.5 Å². The molecule has 0 unspecified atom stereocenters. The number of carbonyl (C=O) groups excluding carboxylic acids is 2. The Hall–Kier alpha value is -1.93. The minimum atomic E-state index is -0.694. The van der Waals surface area contributed by atoms with Gasteiger partial charge in [0.2, 0.25) is 0 Å². The van der Waals surface area contributed by atoms with Crippen LogP contribution in [0.2, 0.25) is 0 Å². The molecule has 0 aliphatic carbocycles. The van der Waals surface area contributed by atoms with E-state index >= 15 is 0 Å². The zero-order valence-electron chi connectivity index (χ0n) is 15.6. The van der Waals surface area contributed by atoms with Crippen LogP contribution in [-0.2, 0) is 22.6 Å². The van der Waals surface area contributed by atoms with Crippen LogP contribution in [0.1, 0.15) is 35.9 Å². The van der Waals surface area contributed by atoms with Crippen LogP contribution in [0.25, 0.3) is 0 Å². The molecule has 1 aromatic heterocycles. The summed E-state index contributed by atoms with van der Waals surface area (Å²) in [7, 11) is 2.07. The summed E-state index contributed by atoms with van der Waals surface area (Å²) in [5, 5.41) is 4.50. The number of hydrogen-bond donors (Lipinski definition) is 0. The van der Waals surface area contributed by atoms with Gasteiger partial charge < -0.3 is 19.4 Å². The van der Waals surface area contributed by atoms with Crippen LogP contribution >= 0.6 is 0 Å². The molecule has 3 aliphatic rings. The van der Waals surface area contributed by atoms with Crippen LogP contribution in [0.5, 0.6) is 0 Å². The molecule has 0 radical (unpaired) electrons. The second-order valence-electron chi connectivity index (χ2n) is 7.75. The third kappa shape index (κ3) is 3.12. The second kappa shape index (κ2) is 6.66. The van der Waals surface area contributed by atoms with Crippen molar-refractivity contribution in [3.63, 3.8) is 0 Å². The van der Waals surface area contributed by atoms with Crippen LogP contribution in [0.4, 0.5) is 0 Å². The minimum Gasteiger partial charge on any atom is -0.365 e. The number of carbonyl (C=O) groups is 2. The molecule has 1 aromatic rings. The normalized spacial score (nSPS) is 26.8. The van der Waals surface area contributed by atoms with Gasteiger partial charge in [-0.25, -0.2) is 0 Å². The molecule has 3 aliphatic heterocycles. The van der Waals surface area contributed by atoms with E-state index < -0.39 is 5.60 Å². The fraction of sp³-hybridized carbons (Fsp3) is 0.722. The number of nitrogens with zero attached hydrogens (tertiary/aromatic N) is 5. The topological polar surface area (TPSA) is 70.9 Å². The first kappa shape index (κ1) is 17.5. The predicted molar refractivity (Wildman–Crippen MR) is 94.6 cm³/mol. The maximum absolute atomic E-state index is 12.8. The first-order valence-electron chi connectivity index (χ1n) is 9.44. The molecular formula is C18H27N5O3. The lowest BCUT2D eigenvalue weighted by Gasteiger charge is -2.33. The van der Waals surface area contributed by atoms with Gasteiger partial charge in [-0.3, -0.25) is 14.3 Å². The number of aromatic nitrogens is 2. The first-order valence-corrected chi connectivity index (χ1v) is 9.44. The van der Waals surface area contributed by atoms with Crippen molar-refractivity contribution in [2.24, 2.45) is 0 Å². The fourth-order valence-electron chi connectivity index (χ4n) is 4.00. The summed E-state index contributed by atoms with van der Waals surface area (Å²) in [6, 6.07) is 1.85. The van der Waals surface area contributed by atoms with Crippen molar-refractivity contribution < 1.29 is 14.3 Å². The lowest BCUT2D eigenvalue weighted by Crippen LogP contribution is -2.49.